The molecule has 2 heterocycles. The van der Waals surface area contributed by atoms with Crippen LogP contribution in [-0.2, 0) is 11.8 Å². The molecule has 0 amide bonds. The summed E-state index contributed by atoms with van der Waals surface area (Å²) in [6, 6.07) is 2.77. The number of aromatic nitrogens is 4. The van der Waals surface area contributed by atoms with E-state index in [2.05, 4.69) is 15.2 Å². The SMILES string of the molecule is Cn1c(SCC(=O)O)nnc1-c1ccc(F)cn1. The van der Waals surface area contributed by atoms with Gasteiger partial charge in [-0.3, -0.25) is 4.79 Å². The predicted molar refractivity (Wildman–Crippen MR) is 62.6 cm³/mol. The van der Waals surface area contributed by atoms with E-state index in [-0.39, 0.29) is 5.75 Å². The molecule has 8 heteroatoms. The standard InChI is InChI=1S/C10H9FN4O2S/c1-15-9(7-3-2-6(11)4-12-7)13-14-10(15)18-5-8(16)17/h2-4H,5H2,1H3,(H,16,17). The van der Waals surface area contributed by atoms with Gasteiger partial charge in [-0.2, -0.15) is 0 Å². The molecular weight excluding hydrogens is 259 g/mol. The molecule has 0 radical (unpaired) electrons. The third-order valence-corrected chi connectivity index (χ3v) is 3.12. The first-order valence-electron chi connectivity index (χ1n) is 4.94. The Morgan fingerprint density at radius 1 is 1.50 bits per heavy atom. The van der Waals surface area contributed by atoms with Crippen LogP contribution in [0.2, 0.25) is 0 Å². The Kier molecular flexibility index (Phi) is 3.56. The van der Waals surface area contributed by atoms with Gasteiger partial charge in [0.05, 0.1) is 11.9 Å². The Balaban J connectivity index is 2.25. The van der Waals surface area contributed by atoms with Crippen LogP contribution in [-0.4, -0.2) is 36.6 Å². The number of hydrogen-bond acceptors (Lipinski definition) is 5. The molecule has 0 aliphatic rings. The van der Waals surface area contributed by atoms with Gasteiger partial charge in [0, 0.05) is 7.05 Å². The molecule has 0 atom stereocenters. The van der Waals surface area contributed by atoms with Crippen molar-refractivity contribution in [2.75, 3.05) is 5.75 Å². The Labute approximate surface area is 106 Å². The van der Waals surface area contributed by atoms with Crippen LogP contribution in [0.15, 0.2) is 23.5 Å². The van der Waals surface area contributed by atoms with Gasteiger partial charge >= 0.3 is 5.97 Å². The van der Waals surface area contributed by atoms with Crippen molar-refractivity contribution >= 4 is 17.7 Å². The van der Waals surface area contributed by atoms with E-state index in [0.29, 0.717) is 16.7 Å². The second kappa shape index (κ2) is 5.13. The van der Waals surface area contributed by atoms with Crippen LogP contribution in [0, 0.1) is 5.82 Å². The van der Waals surface area contributed by atoms with Crippen molar-refractivity contribution < 1.29 is 14.3 Å². The van der Waals surface area contributed by atoms with Gasteiger partial charge in [-0.1, -0.05) is 11.8 Å². The van der Waals surface area contributed by atoms with Crippen molar-refractivity contribution in [1.82, 2.24) is 19.7 Å². The third kappa shape index (κ3) is 2.65. The van der Waals surface area contributed by atoms with E-state index >= 15 is 0 Å². The minimum atomic E-state index is -0.926. The van der Waals surface area contributed by atoms with Gasteiger partial charge in [0.15, 0.2) is 11.0 Å². The third-order valence-electron chi connectivity index (χ3n) is 2.12. The number of carboxylic acid groups (broad SMARTS) is 1. The largest absolute Gasteiger partial charge is 0.481 e. The van der Waals surface area contributed by atoms with Crippen molar-refractivity contribution in [3.8, 4) is 11.5 Å². The molecule has 18 heavy (non-hydrogen) atoms. The van der Waals surface area contributed by atoms with Crippen LogP contribution in [0.25, 0.3) is 11.5 Å². The zero-order chi connectivity index (χ0) is 13.1. The van der Waals surface area contributed by atoms with Gasteiger partial charge in [0.1, 0.15) is 11.5 Å². The monoisotopic (exact) mass is 268 g/mol. The van der Waals surface area contributed by atoms with Gasteiger partial charge in [0.2, 0.25) is 0 Å². The first-order valence-corrected chi connectivity index (χ1v) is 5.92. The molecule has 0 fully saturated rings. The molecule has 0 aliphatic carbocycles. The van der Waals surface area contributed by atoms with Crippen LogP contribution >= 0.6 is 11.8 Å². The molecule has 0 unspecified atom stereocenters. The quantitative estimate of drug-likeness (QED) is 0.839. The second-order valence-electron chi connectivity index (χ2n) is 3.41. The highest BCUT2D eigenvalue weighted by atomic mass is 32.2. The summed E-state index contributed by atoms with van der Waals surface area (Å²) in [6.45, 7) is 0. The fourth-order valence-electron chi connectivity index (χ4n) is 1.30. The highest BCUT2D eigenvalue weighted by Gasteiger charge is 2.13. The summed E-state index contributed by atoms with van der Waals surface area (Å²) in [5.41, 5.74) is 0.480. The molecule has 94 valence electrons. The summed E-state index contributed by atoms with van der Waals surface area (Å²) in [6.07, 6.45) is 1.09. The van der Waals surface area contributed by atoms with E-state index in [9.17, 15) is 9.18 Å². The molecule has 2 aromatic heterocycles. The normalized spacial score (nSPS) is 10.6. The summed E-state index contributed by atoms with van der Waals surface area (Å²) in [7, 11) is 1.70. The maximum absolute atomic E-state index is 12.7. The lowest BCUT2D eigenvalue weighted by molar-refractivity contribution is -0.133. The van der Waals surface area contributed by atoms with Crippen molar-refractivity contribution in [3.05, 3.63) is 24.1 Å². The molecule has 6 nitrogen and oxygen atoms in total. The topological polar surface area (TPSA) is 80.9 Å². The van der Waals surface area contributed by atoms with Gasteiger partial charge in [0.25, 0.3) is 0 Å². The van der Waals surface area contributed by atoms with Gasteiger partial charge in [-0.25, -0.2) is 9.37 Å². The number of rotatable bonds is 4. The van der Waals surface area contributed by atoms with Gasteiger partial charge in [-0.15, -0.1) is 10.2 Å². The minimum Gasteiger partial charge on any atom is -0.481 e. The first kappa shape index (κ1) is 12.5. The number of hydrogen-bond donors (Lipinski definition) is 1. The lowest BCUT2D eigenvalue weighted by Crippen LogP contribution is -2.01. The average Bonchev–Trinajstić information content (AvgIpc) is 2.69. The molecule has 1 N–H and O–H groups in total. The smallest absolute Gasteiger partial charge is 0.313 e. The van der Waals surface area contributed by atoms with Gasteiger partial charge < -0.3 is 9.67 Å². The number of halogens is 1. The van der Waals surface area contributed by atoms with Crippen LogP contribution in [0.4, 0.5) is 4.39 Å². The Morgan fingerprint density at radius 3 is 2.89 bits per heavy atom. The number of pyridine rings is 1. The average molecular weight is 268 g/mol. The van der Waals surface area contributed by atoms with E-state index in [0.717, 1.165) is 18.0 Å². The summed E-state index contributed by atoms with van der Waals surface area (Å²) >= 11 is 1.06. The van der Waals surface area contributed by atoms with Gasteiger partial charge in [-0.05, 0) is 12.1 Å². The number of carboxylic acids is 1. The highest BCUT2D eigenvalue weighted by Crippen LogP contribution is 2.20. The maximum atomic E-state index is 12.7. The van der Waals surface area contributed by atoms with Crippen molar-refractivity contribution in [2.24, 2.45) is 7.05 Å². The maximum Gasteiger partial charge on any atom is 0.313 e. The summed E-state index contributed by atoms with van der Waals surface area (Å²) in [5.74, 6) is -0.989. The molecule has 0 aliphatic heterocycles. The number of carbonyl (C=O) groups is 1. The summed E-state index contributed by atoms with van der Waals surface area (Å²) in [4.78, 5) is 14.4. The van der Waals surface area contributed by atoms with Crippen LogP contribution in [0.1, 0.15) is 0 Å². The first-order chi connectivity index (χ1) is 8.58. The lowest BCUT2D eigenvalue weighted by Gasteiger charge is -2.01. The molecule has 2 rings (SSSR count). The van der Waals surface area contributed by atoms with E-state index < -0.39 is 11.8 Å². The lowest BCUT2D eigenvalue weighted by atomic mass is 10.3. The summed E-state index contributed by atoms with van der Waals surface area (Å²) < 4.78 is 14.4. The predicted octanol–water partition coefficient (Wildman–Crippen LogP) is 1.19. The fraction of sp³-hybridized carbons (Fsp3) is 0.200. The zero-order valence-corrected chi connectivity index (χ0v) is 10.2. The highest BCUT2D eigenvalue weighted by molar-refractivity contribution is 7.99. The molecule has 0 saturated heterocycles. The molecule has 0 aromatic carbocycles. The summed E-state index contributed by atoms with van der Waals surface area (Å²) in [5, 5.41) is 16.8. The van der Waals surface area contributed by atoms with E-state index in [4.69, 9.17) is 5.11 Å². The Morgan fingerprint density at radius 2 is 2.28 bits per heavy atom. The second-order valence-corrected chi connectivity index (χ2v) is 4.35. The van der Waals surface area contributed by atoms with Crippen molar-refractivity contribution in [1.29, 1.82) is 0 Å². The van der Waals surface area contributed by atoms with Crippen LogP contribution in [0.3, 0.4) is 0 Å². The molecular formula is C10H9FN4O2S. The number of thioether (sulfide) groups is 1. The Bertz CT molecular complexity index is 570. The van der Waals surface area contributed by atoms with Crippen molar-refractivity contribution in [3.63, 3.8) is 0 Å². The van der Waals surface area contributed by atoms with Crippen molar-refractivity contribution in [2.45, 2.75) is 5.16 Å². The van der Waals surface area contributed by atoms with E-state index in [1.54, 1.807) is 11.6 Å². The fourth-order valence-corrected chi connectivity index (χ4v) is 1.93. The number of aliphatic carboxylic acids is 1. The zero-order valence-electron chi connectivity index (χ0n) is 9.37. The van der Waals surface area contributed by atoms with Crippen LogP contribution in [0.5, 0.6) is 0 Å². The minimum absolute atomic E-state index is 0.0944. The van der Waals surface area contributed by atoms with E-state index in [1.165, 1.54) is 12.1 Å². The molecule has 0 spiro atoms. The van der Waals surface area contributed by atoms with E-state index in [1.807, 2.05) is 0 Å². The molecule has 2 aromatic rings. The molecule has 0 saturated carbocycles. The molecule has 0 bridgehead atoms. The van der Waals surface area contributed by atoms with Crippen LogP contribution < -0.4 is 0 Å². The Hall–Kier alpha value is -1.96. The number of nitrogens with zero attached hydrogens (tertiary/aromatic N) is 4.